The van der Waals surface area contributed by atoms with Gasteiger partial charge in [-0.15, -0.1) is 0 Å². The quantitative estimate of drug-likeness (QED) is 0.702. The van der Waals surface area contributed by atoms with Gasteiger partial charge in [-0.3, -0.25) is 4.90 Å². The molecule has 19 heavy (non-hydrogen) atoms. The SMILES string of the molecule is CCCCCCNc1cccc(CN2CCCC2)c1. The molecule has 1 saturated heterocycles. The molecule has 0 spiro atoms. The Morgan fingerprint density at radius 2 is 1.95 bits per heavy atom. The van der Waals surface area contributed by atoms with Gasteiger partial charge in [0.2, 0.25) is 0 Å². The van der Waals surface area contributed by atoms with E-state index in [1.165, 1.54) is 62.9 Å². The molecule has 0 bridgehead atoms. The predicted octanol–water partition coefficient (Wildman–Crippen LogP) is 4.27. The van der Waals surface area contributed by atoms with Gasteiger partial charge in [-0.25, -0.2) is 0 Å². The van der Waals surface area contributed by atoms with Crippen molar-refractivity contribution in [2.45, 2.75) is 52.0 Å². The molecule has 0 radical (unpaired) electrons. The molecule has 0 atom stereocenters. The topological polar surface area (TPSA) is 15.3 Å². The zero-order valence-corrected chi connectivity index (χ0v) is 12.3. The molecule has 0 amide bonds. The van der Waals surface area contributed by atoms with E-state index in [9.17, 15) is 0 Å². The van der Waals surface area contributed by atoms with Crippen molar-refractivity contribution in [3.8, 4) is 0 Å². The van der Waals surface area contributed by atoms with E-state index in [1.807, 2.05) is 0 Å². The third-order valence-corrected chi connectivity index (χ3v) is 3.89. The fourth-order valence-corrected chi connectivity index (χ4v) is 2.76. The molecule has 2 heteroatoms. The van der Waals surface area contributed by atoms with Crippen molar-refractivity contribution in [3.63, 3.8) is 0 Å². The van der Waals surface area contributed by atoms with E-state index in [0.717, 1.165) is 13.1 Å². The number of rotatable bonds is 8. The highest BCUT2D eigenvalue weighted by Gasteiger charge is 2.11. The minimum absolute atomic E-state index is 1.10. The van der Waals surface area contributed by atoms with Crippen LogP contribution in [0.15, 0.2) is 24.3 Å². The number of hydrogen-bond acceptors (Lipinski definition) is 2. The average molecular weight is 260 g/mol. The lowest BCUT2D eigenvalue weighted by Gasteiger charge is -2.15. The van der Waals surface area contributed by atoms with Crippen LogP contribution in [0.4, 0.5) is 5.69 Å². The molecular weight excluding hydrogens is 232 g/mol. The summed E-state index contributed by atoms with van der Waals surface area (Å²) < 4.78 is 0. The van der Waals surface area contributed by atoms with Gasteiger partial charge in [-0.05, 0) is 50.0 Å². The van der Waals surface area contributed by atoms with Gasteiger partial charge in [0.25, 0.3) is 0 Å². The highest BCUT2D eigenvalue weighted by molar-refractivity contribution is 5.45. The largest absolute Gasteiger partial charge is 0.385 e. The van der Waals surface area contributed by atoms with Crippen LogP contribution in [-0.2, 0) is 6.54 Å². The van der Waals surface area contributed by atoms with Crippen molar-refractivity contribution < 1.29 is 0 Å². The molecule has 1 aliphatic heterocycles. The second kappa shape index (κ2) is 8.21. The van der Waals surface area contributed by atoms with Crippen molar-refractivity contribution in [2.75, 3.05) is 25.0 Å². The molecule has 106 valence electrons. The monoisotopic (exact) mass is 260 g/mol. The first-order chi connectivity index (χ1) is 9.38. The van der Waals surface area contributed by atoms with E-state index in [0.29, 0.717) is 0 Å². The maximum atomic E-state index is 3.55. The molecule has 2 rings (SSSR count). The van der Waals surface area contributed by atoms with Gasteiger partial charge in [0.05, 0.1) is 0 Å². The van der Waals surface area contributed by atoms with E-state index < -0.39 is 0 Å². The van der Waals surface area contributed by atoms with Crippen LogP contribution in [0, 0.1) is 0 Å². The number of nitrogens with zero attached hydrogens (tertiary/aromatic N) is 1. The van der Waals surface area contributed by atoms with Gasteiger partial charge in [0.1, 0.15) is 0 Å². The summed E-state index contributed by atoms with van der Waals surface area (Å²) in [6.07, 6.45) is 8.04. The lowest BCUT2D eigenvalue weighted by molar-refractivity contribution is 0.331. The van der Waals surface area contributed by atoms with E-state index in [1.54, 1.807) is 0 Å². The van der Waals surface area contributed by atoms with Gasteiger partial charge in [0.15, 0.2) is 0 Å². The van der Waals surface area contributed by atoms with Crippen molar-refractivity contribution in [3.05, 3.63) is 29.8 Å². The lowest BCUT2D eigenvalue weighted by atomic mass is 10.1. The Morgan fingerprint density at radius 1 is 1.11 bits per heavy atom. The minimum Gasteiger partial charge on any atom is -0.385 e. The van der Waals surface area contributed by atoms with Gasteiger partial charge >= 0.3 is 0 Å². The molecule has 0 unspecified atom stereocenters. The molecular formula is C17H28N2. The maximum Gasteiger partial charge on any atom is 0.0343 e. The summed E-state index contributed by atoms with van der Waals surface area (Å²) in [6, 6.07) is 8.94. The average Bonchev–Trinajstić information content (AvgIpc) is 2.92. The third kappa shape index (κ3) is 5.23. The fourth-order valence-electron chi connectivity index (χ4n) is 2.76. The number of benzene rings is 1. The summed E-state index contributed by atoms with van der Waals surface area (Å²) in [6.45, 7) is 7.02. The Labute approximate surface area is 118 Å². The fraction of sp³-hybridized carbons (Fsp3) is 0.647. The molecule has 1 heterocycles. The summed E-state index contributed by atoms with van der Waals surface area (Å²) in [4.78, 5) is 2.56. The summed E-state index contributed by atoms with van der Waals surface area (Å²) in [5, 5.41) is 3.55. The first-order valence-electron chi connectivity index (χ1n) is 7.93. The van der Waals surface area contributed by atoms with E-state index in [4.69, 9.17) is 0 Å². The van der Waals surface area contributed by atoms with Gasteiger partial charge in [0, 0.05) is 18.8 Å². The van der Waals surface area contributed by atoms with E-state index >= 15 is 0 Å². The van der Waals surface area contributed by atoms with Crippen molar-refractivity contribution in [1.29, 1.82) is 0 Å². The zero-order chi connectivity index (χ0) is 13.3. The standard InChI is InChI=1S/C17H28N2/c1-2-3-4-5-11-18-17-10-8-9-16(14-17)15-19-12-6-7-13-19/h8-10,14,18H,2-7,11-13,15H2,1H3. The Bertz CT molecular complexity index is 356. The number of nitrogens with one attached hydrogen (secondary N) is 1. The smallest absolute Gasteiger partial charge is 0.0343 e. The summed E-state index contributed by atoms with van der Waals surface area (Å²) in [7, 11) is 0. The molecule has 1 fully saturated rings. The molecule has 1 aromatic carbocycles. The van der Waals surface area contributed by atoms with Crippen LogP contribution in [0.5, 0.6) is 0 Å². The number of unbranched alkanes of at least 4 members (excludes halogenated alkanes) is 3. The van der Waals surface area contributed by atoms with Crippen molar-refractivity contribution in [1.82, 2.24) is 4.90 Å². The zero-order valence-electron chi connectivity index (χ0n) is 12.3. The van der Waals surface area contributed by atoms with Gasteiger partial charge in [-0.1, -0.05) is 38.3 Å². The van der Waals surface area contributed by atoms with Crippen LogP contribution in [0.25, 0.3) is 0 Å². The van der Waals surface area contributed by atoms with Gasteiger partial charge in [-0.2, -0.15) is 0 Å². The molecule has 0 saturated carbocycles. The highest BCUT2D eigenvalue weighted by Crippen LogP contribution is 2.16. The number of anilines is 1. The van der Waals surface area contributed by atoms with Crippen LogP contribution in [0.1, 0.15) is 51.0 Å². The van der Waals surface area contributed by atoms with Crippen molar-refractivity contribution >= 4 is 5.69 Å². The van der Waals surface area contributed by atoms with E-state index in [2.05, 4.69) is 41.4 Å². The molecule has 1 aromatic rings. The molecule has 2 nitrogen and oxygen atoms in total. The van der Waals surface area contributed by atoms with Crippen LogP contribution in [0.2, 0.25) is 0 Å². The first-order valence-corrected chi connectivity index (χ1v) is 7.93. The molecule has 0 aromatic heterocycles. The second-order valence-electron chi connectivity index (χ2n) is 5.67. The first kappa shape index (κ1) is 14.4. The number of likely N-dealkylation sites (tertiary alicyclic amines) is 1. The van der Waals surface area contributed by atoms with Crippen molar-refractivity contribution in [2.24, 2.45) is 0 Å². The Hall–Kier alpha value is -1.02. The number of hydrogen-bond donors (Lipinski definition) is 1. The van der Waals surface area contributed by atoms with Crippen LogP contribution in [0.3, 0.4) is 0 Å². The second-order valence-corrected chi connectivity index (χ2v) is 5.67. The molecule has 1 N–H and O–H groups in total. The Balaban J connectivity index is 1.74. The summed E-state index contributed by atoms with van der Waals surface area (Å²) >= 11 is 0. The molecule has 0 aliphatic carbocycles. The normalized spacial score (nSPS) is 15.8. The third-order valence-electron chi connectivity index (χ3n) is 3.89. The van der Waals surface area contributed by atoms with Crippen LogP contribution < -0.4 is 5.32 Å². The summed E-state index contributed by atoms with van der Waals surface area (Å²) in [5.74, 6) is 0. The minimum atomic E-state index is 1.10. The van der Waals surface area contributed by atoms with Crippen LogP contribution >= 0.6 is 0 Å². The Kier molecular flexibility index (Phi) is 6.22. The summed E-state index contributed by atoms with van der Waals surface area (Å²) in [5.41, 5.74) is 2.73. The maximum absolute atomic E-state index is 3.55. The lowest BCUT2D eigenvalue weighted by Crippen LogP contribution is -2.18. The van der Waals surface area contributed by atoms with Gasteiger partial charge < -0.3 is 5.32 Å². The Morgan fingerprint density at radius 3 is 2.74 bits per heavy atom. The molecule has 1 aliphatic rings. The highest BCUT2D eigenvalue weighted by atomic mass is 15.1. The predicted molar refractivity (Wildman–Crippen MR) is 83.6 cm³/mol. The van der Waals surface area contributed by atoms with E-state index in [-0.39, 0.29) is 0 Å². The van der Waals surface area contributed by atoms with Crippen LogP contribution in [-0.4, -0.2) is 24.5 Å².